The number of hydrogen-bond acceptors (Lipinski definition) is 3. The van der Waals surface area contributed by atoms with Crippen molar-refractivity contribution in [3.63, 3.8) is 0 Å². The molecule has 2 N–H and O–H groups in total. The molecule has 21 heavy (non-hydrogen) atoms. The Labute approximate surface area is 140 Å². The lowest BCUT2D eigenvalue weighted by Crippen LogP contribution is -2.26. The van der Waals surface area contributed by atoms with Crippen LogP contribution in [-0.4, -0.2) is 39.6 Å². The van der Waals surface area contributed by atoms with Gasteiger partial charge >= 0.3 is 0 Å². The smallest absolute Gasteiger partial charge is 0.251 e. The summed E-state index contributed by atoms with van der Waals surface area (Å²) in [4.78, 5) is 14.1. The molecule has 0 bridgehead atoms. The average molecular weight is 336 g/mol. The van der Waals surface area contributed by atoms with Crippen LogP contribution in [0.1, 0.15) is 30.1 Å². The summed E-state index contributed by atoms with van der Waals surface area (Å²) >= 11 is 0. The minimum absolute atomic E-state index is 0. The third-order valence-electron chi connectivity index (χ3n) is 3.02. The van der Waals surface area contributed by atoms with E-state index in [1.807, 2.05) is 31.3 Å². The predicted octanol–water partition coefficient (Wildman–Crippen LogP) is 2.72. The summed E-state index contributed by atoms with van der Waals surface area (Å²) in [7, 11) is 3.98. The van der Waals surface area contributed by atoms with Crippen molar-refractivity contribution < 1.29 is 4.79 Å². The van der Waals surface area contributed by atoms with Crippen LogP contribution in [0, 0.1) is 0 Å². The molecule has 0 aliphatic heterocycles. The van der Waals surface area contributed by atoms with Crippen LogP contribution in [-0.2, 0) is 0 Å². The SMILES string of the molecule is CCCN(C)c1ccc(C(=O)NCCCNC)cc1.Cl.Cl. The number of rotatable bonds is 8. The van der Waals surface area contributed by atoms with E-state index in [9.17, 15) is 4.79 Å². The van der Waals surface area contributed by atoms with Crippen LogP contribution >= 0.6 is 24.8 Å². The predicted molar refractivity (Wildman–Crippen MR) is 95.4 cm³/mol. The van der Waals surface area contributed by atoms with E-state index >= 15 is 0 Å². The Bertz CT molecular complexity index is 385. The topological polar surface area (TPSA) is 44.4 Å². The van der Waals surface area contributed by atoms with E-state index in [1.165, 1.54) is 0 Å². The molecule has 0 fully saturated rings. The first-order valence-electron chi connectivity index (χ1n) is 6.93. The van der Waals surface area contributed by atoms with E-state index in [1.54, 1.807) is 0 Å². The highest BCUT2D eigenvalue weighted by Crippen LogP contribution is 2.13. The fraction of sp³-hybridized carbons (Fsp3) is 0.533. The zero-order valence-corrected chi connectivity index (χ0v) is 14.6. The van der Waals surface area contributed by atoms with Crippen LogP contribution in [0.25, 0.3) is 0 Å². The van der Waals surface area contributed by atoms with Crippen LogP contribution in [0.4, 0.5) is 5.69 Å². The summed E-state index contributed by atoms with van der Waals surface area (Å²) in [5.74, 6) is 0.000739. The molecule has 0 atom stereocenters. The first-order valence-corrected chi connectivity index (χ1v) is 6.93. The maximum absolute atomic E-state index is 11.9. The third kappa shape index (κ3) is 8.15. The molecule has 1 aromatic carbocycles. The quantitative estimate of drug-likeness (QED) is 0.718. The van der Waals surface area contributed by atoms with Crippen molar-refractivity contribution in [2.24, 2.45) is 0 Å². The van der Waals surface area contributed by atoms with Gasteiger partial charge in [0.05, 0.1) is 0 Å². The van der Waals surface area contributed by atoms with Crippen molar-refractivity contribution in [3.8, 4) is 0 Å². The van der Waals surface area contributed by atoms with Gasteiger partial charge in [-0.2, -0.15) is 0 Å². The van der Waals surface area contributed by atoms with Crippen molar-refractivity contribution in [1.82, 2.24) is 10.6 Å². The van der Waals surface area contributed by atoms with Gasteiger partial charge in [0, 0.05) is 31.4 Å². The fourth-order valence-electron chi connectivity index (χ4n) is 1.90. The number of hydrogen-bond donors (Lipinski definition) is 2. The number of carbonyl (C=O) groups is 1. The molecule has 4 nitrogen and oxygen atoms in total. The molecule has 6 heteroatoms. The van der Waals surface area contributed by atoms with Gasteiger partial charge in [-0.3, -0.25) is 4.79 Å². The maximum Gasteiger partial charge on any atom is 0.251 e. The molecule has 1 aromatic rings. The molecule has 0 aliphatic rings. The molecule has 0 heterocycles. The minimum atomic E-state index is 0. The van der Waals surface area contributed by atoms with Gasteiger partial charge < -0.3 is 15.5 Å². The zero-order valence-electron chi connectivity index (χ0n) is 13.0. The van der Waals surface area contributed by atoms with Crippen molar-refractivity contribution in [2.75, 3.05) is 38.6 Å². The molecule has 0 aliphatic carbocycles. The highest BCUT2D eigenvalue weighted by atomic mass is 35.5. The van der Waals surface area contributed by atoms with Crippen LogP contribution in [0.5, 0.6) is 0 Å². The molecule has 0 radical (unpaired) electrons. The van der Waals surface area contributed by atoms with E-state index in [4.69, 9.17) is 0 Å². The number of carbonyl (C=O) groups excluding carboxylic acids is 1. The lowest BCUT2D eigenvalue weighted by atomic mass is 10.2. The van der Waals surface area contributed by atoms with Gasteiger partial charge in [-0.15, -0.1) is 24.8 Å². The number of halogens is 2. The number of nitrogens with one attached hydrogen (secondary N) is 2. The lowest BCUT2D eigenvalue weighted by molar-refractivity contribution is 0.0953. The summed E-state index contributed by atoms with van der Waals surface area (Å²) in [6.07, 6.45) is 2.06. The molecule has 0 aromatic heterocycles. The first kappa shape index (κ1) is 22.3. The number of nitrogens with zero attached hydrogens (tertiary/aromatic N) is 1. The normalized spacial score (nSPS) is 9.29. The molecule has 0 unspecified atom stereocenters. The second kappa shape index (κ2) is 12.7. The number of benzene rings is 1. The molecule has 0 saturated carbocycles. The summed E-state index contributed by atoms with van der Waals surface area (Å²) in [6, 6.07) is 7.76. The van der Waals surface area contributed by atoms with E-state index in [2.05, 4.69) is 29.5 Å². The highest BCUT2D eigenvalue weighted by Gasteiger charge is 2.05. The Morgan fingerprint density at radius 1 is 1.14 bits per heavy atom. The molecular formula is C15H27Cl2N3O. The van der Waals surface area contributed by atoms with Crippen LogP contribution < -0.4 is 15.5 Å². The molecule has 122 valence electrons. The molecule has 1 amide bonds. The average Bonchev–Trinajstić information content (AvgIpc) is 2.44. The lowest BCUT2D eigenvalue weighted by Gasteiger charge is -2.18. The third-order valence-corrected chi connectivity index (χ3v) is 3.02. The summed E-state index contributed by atoms with van der Waals surface area (Å²) in [5, 5.41) is 5.97. The standard InChI is InChI=1S/C15H25N3O.2ClH/c1-4-12-18(3)14-8-6-13(7-9-14)15(19)17-11-5-10-16-2;;/h6-9,16H,4-5,10-12H2,1-3H3,(H,17,19);2*1H. The van der Waals surface area contributed by atoms with Gasteiger partial charge in [0.2, 0.25) is 0 Å². The second-order valence-corrected chi connectivity index (χ2v) is 4.68. The summed E-state index contributed by atoms with van der Waals surface area (Å²) in [5.41, 5.74) is 1.87. The van der Waals surface area contributed by atoms with Gasteiger partial charge in [-0.25, -0.2) is 0 Å². The van der Waals surface area contributed by atoms with E-state index in [0.717, 1.165) is 37.2 Å². The van der Waals surface area contributed by atoms with Crippen LogP contribution in [0.15, 0.2) is 24.3 Å². The number of amides is 1. The Balaban J connectivity index is 0. The zero-order chi connectivity index (χ0) is 14.1. The van der Waals surface area contributed by atoms with Gasteiger partial charge in [0.25, 0.3) is 5.91 Å². The Kier molecular flexibility index (Phi) is 13.5. The van der Waals surface area contributed by atoms with Gasteiger partial charge in [-0.1, -0.05) is 6.92 Å². The van der Waals surface area contributed by atoms with E-state index < -0.39 is 0 Å². The Hall–Kier alpha value is -0.970. The number of anilines is 1. The molecule has 0 saturated heterocycles. The highest BCUT2D eigenvalue weighted by molar-refractivity contribution is 5.94. The first-order chi connectivity index (χ1) is 9.19. The Morgan fingerprint density at radius 2 is 1.76 bits per heavy atom. The van der Waals surface area contributed by atoms with Crippen LogP contribution in [0.2, 0.25) is 0 Å². The fourth-order valence-corrected chi connectivity index (χ4v) is 1.90. The molecular weight excluding hydrogens is 309 g/mol. The van der Waals surface area contributed by atoms with Crippen molar-refractivity contribution >= 4 is 36.4 Å². The second-order valence-electron chi connectivity index (χ2n) is 4.68. The van der Waals surface area contributed by atoms with Crippen molar-refractivity contribution in [2.45, 2.75) is 19.8 Å². The monoisotopic (exact) mass is 335 g/mol. The largest absolute Gasteiger partial charge is 0.375 e. The van der Waals surface area contributed by atoms with Crippen LogP contribution in [0.3, 0.4) is 0 Å². The van der Waals surface area contributed by atoms with E-state index in [0.29, 0.717) is 6.54 Å². The van der Waals surface area contributed by atoms with Gasteiger partial charge in [0.1, 0.15) is 0 Å². The summed E-state index contributed by atoms with van der Waals surface area (Å²) < 4.78 is 0. The minimum Gasteiger partial charge on any atom is -0.375 e. The van der Waals surface area contributed by atoms with Gasteiger partial charge in [-0.05, 0) is 50.7 Å². The van der Waals surface area contributed by atoms with Crippen molar-refractivity contribution in [1.29, 1.82) is 0 Å². The maximum atomic E-state index is 11.9. The van der Waals surface area contributed by atoms with Gasteiger partial charge in [0.15, 0.2) is 0 Å². The summed E-state index contributed by atoms with van der Waals surface area (Å²) in [6.45, 7) is 4.80. The molecule has 1 rings (SSSR count). The van der Waals surface area contributed by atoms with E-state index in [-0.39, 0.29) is 30.7 Å². The van der Waals surface area contributed by atoms with Crippen molar-refractivity contribution in [3.05, 3.63) is 29.8 Å². The molecule has 0 spiro atoms. The Morgan fingerprint density at radius 3 is 2.29 bits per heavy atom.